The van der Waals surface area contributed by atoms with E-state index in [1.807, 2.05) is 0 Å². The normalized spacial score (nSPS) is 15.9. The molecule has 0 radical (unpaired) electrons. The molecule has 1 aliphatic carbocycles. The SMILES string of the molecule is Cc1cc(S(=O)(=O)Cl)cc(C(=O)OC2CCC2)c1C. The van der Waals surface area contributed by atoms with Gasteiger partial charge in [0.25, 0.3) is 9.05 Å². The Kier molecular flexibility index (Phi) is 3.87. The van der Waals surface area contributed by atoms with Crippen LogP contribution in [0.15, 0.2) is 17.0 Å². The molecule has 0 aliphatic heterocycles. The summed E-state index contributed by atoms with van der Waals surface area (Å²) in [5.74, 6) is -0.479. The molecule has 0 saturated heterocycles. The number of halogens is 1. The zero-order valence-corrected chi connectivity index (χ0v) is 12.3. The summed E-state index contributed by atoms with van der Waals surface area (Å²) in [5.41, 5.74) is 1.68. The molecule has 0 aromatic heterocycles. The summed E-state index contributed by atoms with van der Waals surface area (Å²) in [6, 6.07) is 2.74. The molecule has 1 aromatic carbocycles. The van der Waals surface area contributed by atoms with Crippen molar-refractivity contribution in [1.82, 2.24) is 0 Å². The molecule has 6 heteroatoms. The minimum Gasteiger partial charge on any atom is -0.459 e. The van der Waals surface area contributed by atoms with Crippen LogP contribution >= 0.6 is 10.7 Å². The fraction of sp³-hybridized carbons (Fsp3) is 0.462. The maximum Gasteiger partial charge on any atom is 0.338 e. The van der Waals surface area contributed by atoms with Crippen LogP contribution in [0.5, 0.6) is 0 Å². The van der Waals surface area contributed by atoms with Gasteiger partial charge in [-0.2, -0.15) is 0 Å². The van der Waals surface area contributed by atoms with E-state index in [0.717, 1.165) is 19.3 Å². The van der Waals surface area contributed by atoms with E-state index in [1.54, 1.807) is 13.8 Å². The molecule has 1 saturated carbocycles. The van der Waals surface area contributed by atoms with Crippen LogP contribution < -0.4 is 0 Å². The number of benzene rings is 1. The van der Waals surface area contributed by atoms with E-state index in [9.17, 15) is 13.2 Å². The summed E-state index contributed by atoms with van der Waals surface area (Å²) in [6.07, 6.45) is 2.77. The summed E-state index contributed by atoms with van der Waals surface area (Å²) in [6.45, 7) is 3.50. The largest absolute Gasteiger partial charge is 0.459 e. The van der Waals surface area contributed by atoms with Crippen LogP contribution in [0.3, 0.4) is 0 Å². The zero-order chi connectivity index (χ0) is 14.2. The van der Waals surface area contributed by atoms with Crippen molar-refractivity contribution < 1.29 is 17.9 Å². The molecule has 0 amide bonds. The number of esters is 1. The molecule has 0 heterocycles. The van der Waals surface area contributed by atoms with Crippen LogP contribution in [0, 0.1) is 13.8 Å². The van der Waals surface area contributed by atoms with E-state index in [0.29, 0.717) is 11.1 Å². The number of carbonyl (C=O) groups excluding carboxylic acids is 1. The van der Waals surface area contributed by atoms with Crippen LogP contribution in [0.25, 0.3) is 0 Å². The van der Waals surface area contributed by atoms with Gasteiger partial charge in [0, 0.05) is 10.7 Å². The lowest BCUT2D eigenvalue weighted by Crippen LogP contribution is -2.25. The van der Waals surface area contributed by atoms with Gasteiger partial charge in [0.1, 0.15) is 6.10 Å². The average molecular weight is 303 g/mol. The third kappa shape index (κ3) is 3.09. The molecule has 0 atom stereocenters. The number of aryl methyl sites for hydroxylation is 1. The van der Waals surface area contributed by atoms with Gasteiger partial charge in [0.2, 0.25) is 0 Å². The van der Waals surface area contributed by atoms with Crippen molar-refractivity contribution in [3.63, 3.8) is 0 Å². The van der Waals surface area contributed by atoms with E-state index in [2.05, 4.69) is 0 Å². The third-order valence-corrected chi connectivity index (χ3v) is 4.80. The van der Waals surface area contributed by atoms with Crippen molar-refractivity contribution in [2.24, 2.45) is 0 Å². The summed E-state index contributed by atoms with van der Waals surface area (Å²) in [4.78, 5) is 12.0. The standard InChI is InChI=1S/C13H15ClO4S/c1-8-6-11(19(14,16)17)7-12(9(8)2)13(15)18-10-4-3-5-10/h6-7,10H,3-5H2,1-2H3. The van der Waals surface area contributed by atoms with Crippen molar-refractivity contribution >= 4 is 25.7 Å². The van der Waals surface area contributed by atoms with Crippen LogP contribution in [0.1, 0.15) is 40.7 Å². The molecule has 1 aliphatic rings. The molecule has 2 rings (SSSR count). The maximum absolute atomic E-state index is 12.0. The fourth-order valence-electron chi connectivity index (χ4n) is 1.88. The van der Waals surface area contributed by atoms with Gasteiger partial charge in [-0.15, -0.1) is 0 Å². The van der Waals surface area contributed by atoms with Crippen molar-refractivity contribution in [2.75, 3.05) is 0 Å². The number of hydrogen-bond donors (Lipinski definition) is 0. The molecular formula is C13H15ClO4S. The summed E-state index contributed by atoms with van der Waals surface area (Å²) >= 11 is 0. The van der Waals surface area contributed by atoms with Gasteiger partial charge in [-0.05, 0) is 56.4 Å². The lowest BCUT2D eigenvalue weighted by molar-refractivity contribution is 0.00889. The minimum absolute atomic E-state index is 0.0385. The zero-order valence-electron chi connectivity index (χ0n) is 10.8. The maximum atomic E-state index is 12.0. The lowest BCUT2D eigenvalue weighted by atomic mass is 9.96. The summed E-state index contributed by atoms with van der Waals surface area (Å²) in [7, 11) is 1.47. The molecule has 1 aromatic rings. The molecule has 19 heavy (non-hydrogen) atoms. The Hall–Kier alpha value is -1.07. The smallest absolute Gasteiger partial charge is 0.338 e. The monoisotopic (exact) mass is 302 g/mol. The molecule has 4 nitrogen and oxygen atoms in total. The highest BCUT2D eigenvalue weighted by molar-refractivity contribution is 8.13. The van der Waals surface area contributed by atoms with Gasteiger partial charge in [-0.25, -0.2) is 13.2 Å². The Morgan fingerprint density at radius 2 is 1.95 bits per heavy atom. The van der Waals surface area contributed by atoms with Crippen molar-refractivity contribution in [3.8, 4) is 0 Å². The molecule has 0 bridgehead atoms. The molecule has 104 valence electrons. The van der Waals surface area contributed by atoms with Crippen molar-refractivity contribution in [3.05, 3.63) is 28.8 Å². The van der Waals surface area contributed by atoms with Crippen LogP contribution in [0.2, 0.25) is 0 Å². The number of ether oxygens (including phenoxy) is 1. The highest BCUT2D eigenvalue weighted by Crippen LogP contribution is 2.26. The Balaban J connectivity index is 2.37. The number of carbonyl (C=O) groups is 1. The topological polar surface area (TPSA) is 60.4 Å². The molecule has 0 N–H and O–H groups in total. The van der Waals surface area contributed by atoms with E-state index in [-0.39, 0.29) is 16.6 Å². The van der Waals surface area contributed by atoms with Gasteiger partial charge < -0.3 is 4.74 Å². The summed E-state index contributed by atoms with van der Waals surface area (Å²) in [5, 5.41) is 0. The first-order valence-electron chi connectivity index (χ1n) is 6.06. The average Bonchev–Trinajstić information content (AvgIpc) is 2.25. The highest BCUT2D eigenvalue weighted by Gasteiger charge is 2.25. The highest BCUT2D eigenvalue weighted by atomic mass is 35.7. The number of rotatable bonds is 3. The van der Waals surface area contributed by atoms with E-state index >= 15 is 0 Å². The van der Waals surface area contributed by atoms with Crippen LogP contribution in [-0.2, 0) is 13.8 Å². The fourth-order valence-corrected chi connectivity index (χ4v) is 2.73. The van der Waals surface area contributed by atoms with Gasteiger partial charge in [0.15, 0.2) is 0 Å². The molecule has 0 spiro atoms. The first-order valence-corrected chi connectivity index (χ1v) is 8.37. The lowest BCUT2D eigenvalue weighted by Gasteiger charge is -2.25. The Morgan fingerprint density at radius 3 is 2.42 bits per heavy atom. The predicted octanol–water partition coefficient (Wildman–Crippen LogP) is 2.94. The second-order valence-corrected chi connectivity index (χ2v) is 7.37. The second kappa shape index (κ2) is 5.13. The van der Waals surface area contributed by atoms with Gasteiger partial charge in [0.05, 0.1) is 10.5 Å². The van der Waals surface area contributed by atoms with Crippen molar-refractivity contribution in [1.29, 1.82) is 0 Å². The van der Waals surface area contributed by atoms with Crippen LogP contribution in [-0.4, -0.2) is 20.5 Å². The van der Waals surface area contributed by atoms with E-state index in [4.69, 9.17) is 15.4 Å². The van der Waals surface area contributed by atoms with Gasteiger partial charge in [-0.3, -0.25) is 0 Å². The van der Waals surface area contributed by atoms with Crippen molar-refractivity contribution in [2.45, 2.75) is 44.1 Å². The summed E-state index contributed by atoms with van der Waals surface area (Å²) < 4.78 is 28.0. The quantitative estimate of drug-likeness (QED) is 0.636. The Morgan fingerprint density at radius 1 is 1.32 bits per heavy atom. The van der Waals surface area contributed by atoms with E-state index < -0.39 is 15.0 Å². The Bertz CT molecular complexity index is 618. The van der Waals surface area contributed by atoms with E-state index in [1.165, 1.54) is 12.1 Å². The molecular weight excluding hydrogens is 288 g/mol. The predicted molar refractivity (Wildman–Crippen MR) is 72.0 cm³/mol. The first-order chi connectivity index (χ1) is 8.79. The Labute approximate surface area is 117 Å². The van der Waals surface area contributed by atoms with Gasteiger partial charge >= 0.3 is 5.97 Å². The van der Waals surface area contributed by atoms with Gasteiger partial charge in [-0.1, -0.05) is 0 Å². The second-order valence-electron chi connectivity index (χ2n) is 4.81. The number of hydrogen-bond acceptors (Lipinski definition) is 4. The molecule has 1 fully saturated rings. The molecule has 0 unspecified atom stereocenters. The van der Waals surface area contributed by atoms with Crippen LogP contribution in [0.4, 0.5) is 0 Å². The first kappa shape index (κ1) is 14.3. The minimum atomic E-state index is -3.85. The third-order valence-electron chi connectivity index (χ3n) is 3.47.